The zero-order valence-corrected chi connectivity index (χ0v) is 17.9. The summed E-state index contributed by atoms with van der Waals surface area (Å²) in [5.74, 6) is -0.652. The van der Waals surface area contributed by atoms with Crippen LogP contribution >= 0.6 is 11.8 Å². The third-order valence-corrected chi connectivity index (χ3v) is 4.54. The first kappa shape index (κ1) is 23.9. The minimum atomic E-state index is -0.574. The van der Waals surface area contributed by atoms with Crippen molar-refractivity contribution in [1.29, 1.82) is 0 Å². The van der Waals surface area contributed by atoms with Gasteiger partial charge in [0.2, 0.25) is 5.91 Å². The highest BCUT2D eigenvalue weighted by atomic mass is 35.5. The van der Waals surface area contributed by atoms with Gasteiger partial charge >= 0.3 is 5.97 Å². The number of nitrogens with one attached hydrogen (secondary N) is 2. The molecule has 1 aromatic rings. The average Bonchev–Trinajstić information content (AvgIpc) is 2.67. The molecular formula is C22H31ClN2O3. The number of carbonyl (C=O) groups is 2. The number of halogens is 1. The molecule has 0 radical (unpaired) electrons. The van der Waals surface area contributed by atoms with E-state index in [1.165, 1.54) is 11.1 Å². The van der Waals surface area contributed by atoms with Crippen molar-refractivity contribution in [3.8, 4) is 0 Å². The maximum Gasteiger partial charge on any atom is 0.308 e. The Balaban J connectivity index is 2.61. The number of rotatable bonds is 11. The third kappa shape index (κ3) is 9.72. The van der Waals surface area contributed by atoms with E-state index in [1.54, 1.807) is 6.92 Å². The SMILES string of the molecule is CC(C)=CCC/C(C)=C/COC(=O)C[C@@H](NC(=O)[C@@H](C)NCl)c1ccccc1. The molecule has 0 fully saturated rings. The summed E-state index contributed by atoms with van der Waals surface area (Å²) in [5, 5.41) is 2.84. The molecule has 0 saturated heterocycles. The first-order valence-electron chi connectivity index (χ1n) is 9.49. The van der Waals surface area contributed by atoms with E-state index >= 15 is 0 Å². The van der Waals surface area contributed by atoms with E-state index in [2.05, 4.69) is 30.1 Å². The van der Waals surface area contributed by atoms with Crippen LogP contribution < -0.4 is 10.2 Å². The van der Waals surface area contributed by atoms with Crippen LogP contribution in [0.25, 0.3) is 0 Å². The first-order chi connectivity index (χ1) is 13.3. The van der Waals surface area contributed by atoms with Crippen LogP contribution in [0.3, 0.4) is 0 Å². The van der Waals surface area contributed by atoms with Crippen LogP contribution in [-0.4, -0.2) is 24.5 Å². The summed E-state index contributed by atoms with van der Waals surface area (Å²) in [5.41, 5.74) is 3.31. The van der Waals surface area contributed by atoms with Crippen molar-refractivity contribution in [2.75, 3.05) is 6.61 Å². The zero-order chi connectivity index (χ0) is 20.9. The van der Waals surface area contributed by atoms with Gasteiger partial charge in [-0.05, 0) is 64.0 Å². The molecule has 154 valence electrons. The molecule has 1 aromatic carbocycles. The van der Waals surface area contributed by atoms with E-state index < -0.39 is 12.1 Å². The smallest absolute Gasteiger partial charge is 0.308 e. The fraction of sp³-hybridized carbons (Fsp3) is 0.455. The molecule has 0 unspecified atom stereocenters. The Labute approximate surface area is 173 Å². The molecule has 0 bridgehead atoms. The highest BCUT2D eigenvalue weighted by Crippen LogP contribution is 2.17. The minimum Gasteiger partial charge on any atom is -0.461 e. The van der Waals surface area contributed by atoms with Crippen LogP contribution in [0, 0.1) is 0 Å². The number of hydrogen-bond donors (Lipinski definition) is 2. The second-order valence-corrected chi connectivity index (χ2v) is 7.28. The van der Waals surface area contributed by atoms with Gasteiger partial charge < -0.3 is 10.1 Å². The summed E-state index contributed by atoms with van der Waals surface area (Å²) in [6.45, 7) is 8.06. The Kier molecular flexibility index (Phi) is 11.2. The van der Waals surface area contributed by atoms with Crippen LogP contribution in [0.5, 0.6) is 0 Å². The number of benzene rings is 1. The largest absolute Gasteiger partial charge is 0.461 e. The second kappa shape index (κ2) is 13.1. The lowest BCUT2D eigenvalue weighted by Gasteiger charge is -2.20. The topological polar surface area (TPSA) is 67.4 Å². The number of hydrogen-bond acceptors (Lipinski definition) is 4. The highest BCUT2D eigenvalue weighted by molar-refractivity contribution is 6.15. The molecule has 0 saturated carbocycles. The summed E-state index contributed by atoms with van der Waals surface area (Å²) in [6, 6.07) is 8.29. The van der Waals surface area contributed by atoms with Gasteiger partial charge in [-0.15, -0.1) is 0 Å². The van der Waals surface area contributed by atoms with Crippen molar-refractivity contribution in [2.45, 2.75) is 59.0 Å². The van der Waals surface area contributed by atoms with Crippen molar-refractivity contribution < 1.29 is 14.3 Å². The average molecular weight is 407 g/mol. The van der Waals surface area contributed by atoms with Gasteiger partial charge in [-0.2, -0.15) is 0 Å². The Hall–Kier alpha value is -2.11. The highest BCUT2D eigenvalue weighted by Gasteiger charge is 2.21. The van der Waals surface area contributed by atoms with Crippen molar-refractivity contribution in [2.24, 2.45) is 0 Å². The van der Waals surface area contributed by atoms with Gasteiger partial charge in [-0.3, -0.25) is 9.59 Å². The van der Waals surface area contributed by atoms with Crippen molar-refractivity contribution >= 4 is 23.7 Å². The van der Waals surface area contributed by atoms with Crippen LogP contribution in [0.2, 0.25) is 0 Å². The molecule has 0 spiro atoms. The van der Waals surface area contributed by atoms with E-state index in [9.17, 15) is 9.59 Å². The molecule has 1 amide bonds. The Morgan fingerprint density at radius 1 is 1.14 bits per heavy atom. The van der Waals surface area contributed by atoms with E-state index in [4.69, 9.17) is 16.5 Å². The molecule has 0 heterocycles. The lowest BCUT2D eigenvalue weighted by molar-refractivity contribution is -0.143. The van der Waals surface area contributed by atoms with Crippen molar-refractivity contribution in [1.82, 2.24) is 10.2 Å². The van der Waals surface area contributed by atoms with E-state index in [1.807, 2.05) is 43.3 Å². The molecule has 0 aliphatic carbocycles. The molecule has 2 N–H and O–H groups in total. The van der Waals surface area contributed by atoms with E-state index in [0.717, 1.165) is 18.4 Å². The lowest BCUT2D eigenvalue weighted by atomic mass is 10.0. The molecule has 0 aromatic heterocycles. The Morgan fingerprint density at radius 3 is 2.43 bits per heavy atom. The number of allylic oxidation sites excluding steroid dienone is 3. The predicted molar refractivity (Wildman–Crippen MR) is 114 cm³/mol. The molecule has 28 heavy (non-hydrogen) atoms. The third-order valence-electron chi connectivity index (χ3n) is 4.21. The Bertz CT molecular complexity index is 682. The fourth-order valence-electron chi connectivity index (χ4n) is 2.48. The van der Waals surface area contributed by atoms with Gasteiger partial charge in [0, 0.05) is 0 Å². The fourth-order valence-corrected chi connectivity index (χ4v) is 2.58. The summed E-state index contributed by atoms with van der Waals surface area (Å²) < 4.78 is 5.34. The maximum atomic E-state index is 12.3. The second-order valence-electron chi connectivity index (χ2n) is 7.06. The first-order valence-corrected chi connectivity index (χ1v) is 9.87. The number of carbonyl (C=O) groups excluding carboxylic acids is 2. The van der Waals surface area contributed by atoms with Gasteiger partial charge in [-0.25, -0.2) is 4.84 Å². The van der Waals surface area contributed by atoms with Crippen LogP contribution in [-0.2, 0) is 14.3 Å². The lowest BCUT2D eigenvalue weighted by Crippen LogP contribution is -2.41. The van der Waals surface area contributed by atoms with E-state index in [-0.39, 0.29) is 24.9 Å². The van der Waals surface area contributed by atoms with Gasteiger partial charge in [0.15, 0.2) is 0 Å². The monoisotopic (exact) mass is 406 g/mol. The summed E-state index contributed by atoms with van der Waals surface area (Å²) in [7, 11) is 0. The molecule has 6 heteroatoms. The minimum absolute atomic E-state index is 0.0510. The normalized spacial score (nSPS) is 13.4. The van der Waals surface area contributed by atoms with Gasteiger partial charge in [0.05, 0.1) is 18.5 Å². The number of esters is 1. The van der Waals surface area contributed by atoms with Crippen LogP contribution in [0.15, 0.2) is 53.6 Å². The van der Waals surface area contributed by atoms with Gasteiger partial charge in [0.1, 0.15) is 6.61 Å². The van der Waals surface area contributed by atoms with Gasteiger partial charge in [0.25, 0.3) is 0 Å². The molecular weight excluding hydrogens is 376 g/mol. The van der Waals surface area contributed by atoms with Crippen LogP contribution in [0.4, 0.5) is 0 Å². The number of amides is 1. The predicted octanol–water partition coefficient (Wildman–Crippen LogP) is 4.60. The van der Waals surface area contributed by atoms with E-state index in [0.29, 0.717) is 0 Å². The van der Waals surface area contributed by atoms with Crippen LogP contribution in [0.1, 0.15) is 58.6 Å². The molecule has 5 nitrogen and oxygen atoms in total. The zero-order valence-electron chi connectivity index (χ0n) is 17.1. The molecule has 1 rings (SSSR count). The molecule has 0 aliphatic rings. The summed E-state index contributed by atoms with van der Waals surface area (Å²) in [6.07, 6.45) is 6.08. The quantitative estimate of drug-likeness (QED) is 0.320. The maximum absolute atomic E-state index is 12.3. The van der Waals surface area contributed by atoms with Crippen molar-refractivity contribution in [3.05, 3.63) is 59.2 Å². The molecule has 2 atom stereocenters. The van der Waals surface area contributed by atoms with Crippen molar-refractivity contribution in [3.63, 3.8) is 0 Å². The summed E-state index contributed by atoms with van der Waals surface area (Å²) in [4.78, 5) is 26.8. The standard InChI is InChI=1S/C22H31ClN2O3/c1-16(2)9-8-10-17(3)13-14-28-21(26)15-20(19-11-6-5-7-12-19)24-22(27)18(4)25-23/h5-7,9,11-13,18,20,25H,8,10,14-15H2,1-4H3,(H,24,27)/b17-13+/t18-,20-/m1/s1. The van der Waals surface area contributed by atoms with Gasteiger partial charge in [-0.1, -0.05) is 47.6 Å². The molecule has 0 aliphatic heterocycles. The number of ether oxygens (including phenoxy) is 1. The summed E-state index contributed by atoms with van der Waals surface area (Å²) >= 11 is 5.52. The Morgan fingerprint density at radius 2 is 1.82 bits per heavy atom.